The van der Waals surface area contributed by atoms with Gasteiger partial charge in [-0.2, -0.15) is 0 Å². The van der Waals surface area contributed by atoms with Crippen LogP contribution in [0.2, 0.25) is 0 Å². The number of hydrogen-bond donors (Lipinski definition) is 2. The lowest BCUT2D eigenvalue weighted by molar-refractivity contribution is 0.696. The van der Waals surface area contributed by atoms with Gasteiger partial charge in [-0.15, -0.1) is 12.4 Å². The monoisotopic (exact) mass is 431 g/mol. The first-order valence-corrected chi connectivity index (χ1v) is 10.1. The molecule has 0 radical (unpaired) electrons. The fourth-order valence-corrected chi connectivity index (χ4v) is 3.43. The fraction of sp³-hybridized carbons (Fsp3) is 0.160. The third-order valence-electron chi connectivity index (χ3n) is 4.93. The van der Waals surface area contributed by atoms with Crippen LogP contribution in [0.1, 0.15) is 11.1 Å². The van der Waals surface area contributed by atoms with Crippen LogP contribution in [0.4, 0.5) is 5.95 Å². The standard InChI is InChI=1S/C25H25N5.ClH/c1-18-6-5-9-21(14-18)23-17-29-25(30-24(23)20-10-12-27-13-11-20)28-16-22(26)15-19-7-3-2-4-8-19;/h2-14,17,22H,15-16,26H2,1H3,(H,28,29,30);1H/t22-;/m1./s1. The molecule has 2 heterocycles. The second-order valence-electron chi connectivity index (χ2n) is 7.39. The van der Waals surface area contributed by atoms with Crippen molar-refractivity contribution < 1.29 is 0 Å². The Bertz CT molecular complexity index is 1100. The number of anilines is 1. The minimum Gasteiger partial charge on any atom is -0.353 e. The van der Waals surface area contributed by atoms with Gasteiger partial charge in [0.15, 0.2) is 0 Å². The van der Waals surface area contributed by atoms with Crippen molar-refractivity contribution >= 4 is 18.4 Å². The van der Waals surface area contributed by atoms with E-state index >= 15 is 0 Å². The molecule has 3 N–H and O–H groups in total. The van der Waals surface area contributed by atoms with E-state index in [1.807, 2.05) is 36.5 Å². The Balaban J connectivity index is 0.00000272. The minimum atomic E-state index is -0.0307. The van der Waals surface area contributed by atoms with E-state index in [2.05, 4.69) is 58.6 Å². The maximum absolute atomic E-state index is 6.31. The first-order valence-electron chi connectivity index (χ1n) is 10.1. The molecule has 31 heavy (non-hydrogen) atoms. The van der Waals surface area contributed by atoms with Crippen LogP contribution in [-0.2, 0) is 6.42 Å². The van der Waals surface area contributed by atoms with E-state index < -0.39 is 0 Å². The number of nitrogens with one attached hydrogen (secondary N) is 1. The summed E-state index contributed by atoms with van der Waals surface area (Å²) in [7, 11) is 0. The van der Waals surface area contributed by atoms with Crippen LogP contribution in [0.3, 0.4) is 0 Å². The molecule has 0 aliphatic rings. The Kier molecular flexibility index (Phi) is 7.70. The first-order chi connectivity index (χ1) is 14.7. The third kappa shape index (κ3) is 5.87. The van der Waals surface area contributed by atoms with E-state index in [1.54, 1.807) is 12.4 Å². The maximum Gasteiger partial charge on any atom is 0.223 e. The predicted molar refractivity (Wildman–Crippen MR) is 129 cm³/mol. The normalized spacial score (nSPS) is 11.4. The Morgan fingerprint density at radius 3 is 2.45 bits per heavy atom. The van der Waals surface area contributed by atoms with Gasteiger partial charge in [-0.3, -0.25) is 4.98 Å². The first kappa shape index (κ1) is 22.4. The zero-order valence-electron chi connectivity index (χ0n) is 17.4. The number of rotatable bonds is 7. The Hall–Kier alpha value is -3.28. The zero-order valence-corrected chi connectivity index (χ0v) is 18.2. The summed E-state index contributed by atoms with van der Waals surface area (Å²) in [5.74, 6) is 0.571. The van der Waals surface area contributed by atoms with Crippen LogP contribution >= 0.6 is 12.4 Å². The highest BCUT2D eigenvalue weighted by Crippen LogP contribution is 2.30. The van der Waals surface area contributed by atoms with Gasteiger partial charge in [0.25, 0.3) is 0 Å². The summed E-state index contributed by atoms with van der Waals surface area (Å²) < 4.78 is 0. The van der Waals surface area contributed by atoms with Crippen LogP contribution in [0.15, 0.2) is 85.3 Å². The molecule has 0 saturated carbocycles. The van der Waals surface area contributed by atoms with Crippen LogP contribution in [0.25, 0.3) is 22.4 Å². The van der Waals surface area contributed by atoms with Gasteiger partial charge < -0.3 is 11.1 Å². The number of nitrogens with zero attached hydrogens (tertiary/aromatic N) is 3. The molecule has 158 valence electrons. The highest BCUT2D eigenvalue weighted by Gasteiger charge is 2.13. The Morgan fingerprint density at radius 2 is 1.71 bits per heavy atom. The van der Waals surface area contributed by atoms with Gasteiger partial charge in [-0.25, -0.2) is 9.97 Å². The van der Waals surface area contributed by atoms with E-state index in [0.717, 1.165) is 28.8 Å². The summed E-state index contributed by atoms with van der Waals surface area (Å²) in [6, 6.07) is 22.5. The molecule has 6 heteroatoms. The molecule has 0 fully saturated rings. The minimum absolute atomic E-state index is 0. The van der Waals surface area contributed by atoms with Crippen molar-refractivity contribution in [3.63, 3.8) is 0 Å². The lowest BCUT2D eigenvalue weighted by Crippen LogP contribution is -2.31. The number of aryl methyl sites for hydroxylation is 1. The van der Waals surface area contributed by atoms with Crippen molar-refractivity contribution in [2.24, 2.45) is 5.73 Å². The molecular weight excluding hydrogens is 406 g/mol. The van der Waals surface area contributed by atoms with Gasteiger partial charge in [0.2, 0.25) is 5.95 Å². The van der Waals surface area contributed by atoms with Crippen molar-refractivity contribution in [1.82, 2.24) is 15.0 Å². The average molecular weight is 432 g/mol. The number of pyridine rings is 1. The van der Waals surface area contributed by atoms with Gasteiger partial charge in [0, 0.05) is 42.3 Å². The molecular formula is C25H26ClN5. The SMILES string of the molecule is Cc1cccc(-c2cnc(NC[C@H](N)Cc3ccccc3)nc2-c2ccncc2)c1.Cl. The molecule has 4 aromatic rings. The van der Waals surface area contributed by atoms with Crippen LogP contribution in [-0.4, -0.2) is 27.5 Å². The van der Waals surface area contributed by atoms with Gasteiger partial charge in [-0.1, -0.05) is 60.2 Å². The van der Waals surface area contributed by atoms with Gasteiger partial charge in [0.1, 0.15) is 0 Å². The van der Waals surface area contributed by atoms with Crippen LogP contribution in [0.5, 0.6) is 0 Å². The quantitative estimate of drug-likeness (QED) is 0.434. The summed E-state index contributed by atoms with van der Waals surface area (Å²) in [6.45, 7) is 2.68. The molecule has 2 aromatic heterocycles. The van der Waals surface area contributed by atoms with Crippen LogP contribution < -0.4 is 11.1 Å². The predicted octanol–water partition coefficient (Wildman–Crippen LogP) is 4.92. The summed E-state index contributed by atoms with van der Waals surface area (Å²) in [4.78, 5) is 13.5. The number of hydrogen-bond acceptors (Lipinski definition) is 5. The highest BCUT2D eigenvalue weighted by atomic mass is 35.5. The summed E-state index contributed by atoms with van der Waals surface area (Å²) in [6.07, 6.45) is 6.23. The molecule has 0 saturated heterocycles. The van der Waals surface area contributed by atoms with Crippen molar-refractivity contribution in [2.45, 2.75) is 19.4 Å². The Labute approximate surface area is 189 Å². The average Bonchev–Trinajstić information content (AvgIpc) is 2.79. The van der Waals surface area contributed by atoms with Crippen LogP contribution in [0, 0.1) is 6.92 Å². The van der Waals surface area contributed by atoms with Crippen molar-refractivity contribution in [2.75, 3.05) is 11.9 Å². The molecule has 0 unspecified atom stereocenters. The van der Waals surface area contributed by atoms with Gasteiger partial charge in [-0.05, 0) is 36.6 Å². The van der Waals surface area contributed by atoms with E-state index in [1.165, 1.54) is 11.1 Å². The molecule has 0 amide bonds. The summed E-state index contributed by atoms with van der Waals surface area (Å²) in [5, 5.41) is 3.30. The molecule has 0 aliphatic heterocycles. The number of nitrogens with two attached hydrogens (primary N) is 1. The maximum atomic E-state index is 6.31. The Morgan fingerprint density at radius 1 is 0.935 bits per heavy atom. The molecule has 0 spiro atoms. The second-order valence-corrected chi connectivity index (χ2v) is 7.39. The number of aromatic nitrogens is 3. The van der Waals surface area contributed by atoms with Gasteiger partial charge in [0.05, 0.1) is 5.69 Å². The second kappa shape index (κ2) is 10.7. The molecule has 0 aliphatic carbocycles. The largest absolute Gasteiger partial charge is 0.353 e. The van der Waals surface area contributed by atoms with Gasteiger partial charge >= 0.3 is 0 Å². The van der Waals surface area contributed by atoms with Crippen molar-refractivity contribution in [3.05, 3.63) is 96.4 Å². The summed E-state index contributed by atoms with van der Waals surface area (Å²) >= 11 is 0. The fourth-order valence-electron chi connectivity index (χ4n) is 3.43. The topological polar surface area (TPSA) is 76.7 Å². The smallest absolute Gasteiger partial charge is 0.223 e. The molecule has 4 rings (SSSR count). The third-order valence-corrected chi connectivity index (χ3v) is 4.93. The highest BCUT2D eigenvalue weighted by molar-refractivity contribution is 5.85. The van der Waals surface area contributed by atoms with E-state index in [-0.39, 0.29) is 18.4 Å². The number of halogens is 1. The number of benzene rings is 2. The molecule has 2 aromatic carbocycles. The molecule has 5 nitrogen and oxygen atoms in total. The lowest BCUT2D eigenvalue weighted by Gasteiger charge is -2.15. The molecule has 1 atom stereocenters. The zero-order chi connectivity index (χ0) is 20.8. The van der Waals surface area contributed by atoms with E-state index in [9.17, 15) is 0 Å². The van der Waals surface area contributed by atoms with E-state index in [0.29, 0.717) is 12.5 Å². The van der Waals surface area contributed by atoms with E-state index in [4.69, 9.17) is 10.7 Å². The molecule has 0 bridgehead atoms. The van der Waals surface area contributed by atoms with Crippen molar-refractivity contribution in [1.29, 1.82) is 0 Å². The summed E-state index contributed by atoms with van der Waals surface area (Å²) in [5.41, 5.74) is 12.7. The lowest BCUT2D eigenvalue weighted by atomic mass is 10.00. The van der Waals surface area contributed by atoms with Crippen molar-refractivity contribution in [3.8, 4) is 22.4 Å².